The first kappa shape index (κ1) is 22.6. The highest BCUT2D eigenvalue weighted by molar-refractivity contribution is 7.99. The first-order valence-electron chi connectivity index (χ1n) is 10.0. The Labute approximate surface area is 199 Å². The number of para-hydroxylation sites is 1. The van der Waals surface area contributed by atoms with Crippen LogP contribution in [0.5, 0.6) is 5.75 Å². The molecule has 0 atom stereocenters. The predicted octanol–water partition coefficient (Wildman–Crippen LogP) is 3.49. The van der Waals surface area contributed by atoms with Crippen molar-refractivity contribution in [2.45, 2.75) is 11.6 Å². The first-order valence-corrected chi connectivity index (χ1v) is 11.9. The largest absolute Gasteiger partial charge is 0.497 e. The molecule has 168 valence electrons. The van der Waals surface area contributed by atoms with Crippen LogP contribution in [0, 0.1) is 0 Å². The van der Waals surface area contributed by atoms with Crippen molar-refractivity contribution in [2.24, 2.45) is 0 Å². The van der Waals surface area contributed by atoms with Gasteiger partial charge in [0.25, 0.3) is 0 Å². The molecular weight excluding hydrogens is 458 g/mol. The number of benzene rings is 2. The summed E-state index contributed by atoms with van der Waals surface area (Å²) in [5.74, 6) is 0.842. The van der Waals surface area contributed by atoms with Gasteiger partial charge in [-0.2, -0.15) is 0 Å². The number of nitrogens with zero attached hydrogens (tertiary/aromatic N) is 3. The summed E-state index contributed by atoms with van der Waals surface area (Å²) < 4.78 is 7.03. The van der Waals surface area contributed by atoms with Gasteiger partial charge in [0.2, 0.25) is 11.8 Å². The fourth-order valence-corrected chi connectivity index (χ4v) is 4.47. The van der Waals surface area contributed by atoms with Crippen LogP contribution >= 0.6 is 23.1 Å². The van der Waals surface area contributed by atoms with Crippen molar-refractivity contribution in [2.75, 3.05) is 12.9 Å². The molecule has 4 rings (SSSR count). The van der Waals surface area contributed by atoms with Crippen LogP contribution in [0.25, 0.3) is 16.4 Å². The maximum absolute atomic E-state index is 12.3. The molecule has 0 bridgehead atoms. The Morgan fingerprint density at radius 1 is 0.970 bits per heavy atom. The van der Waals surface area contributed by atoms with Crippen molar-refractivity contribution >= 4 is 34.9 Å². The van der Waals surface area contributed by atoms with Crippen LogP contribution in [0.15, 0.2) is 77.3 Å². The van der Waals surface area contributed by atoms with Crippen molar-refractivity contribution in [1.82, 2.24) is 25.6 Å². The Morgan fingerprint density at radius 2 is 1.73 bits per heavy atom. The number of nitrogens with one attached hydrogen (secondary N) is 2. The highest BCUT2D eigenvalue weighted by Gasteiger charge is 2.18. The lowest BCUT2D eigenvalue weighted by atomic mass is 10.1. The van der Waals surface area contributed by atoms with E-state index in [4.69, 9.17) is 4.74 Å². The van der Waals surface area contributed by atoms with Crippen LogP contribution in [-0.2, 0) is 16.0 Å². The number of ether oxygens (including phenoxy) is 1. The molecule has 2 heterocycles. The number of carbonyl (C=O) groups excluding carboxylic acids is 2. The number of thiophene rings is 1. The van der Waals surface area contributed by atoms with Crippen LogP contribution < -0.4 is 15.6 Å². The monoisotopic (exact) mass is 479 g/mol. The fourth-order valence-electron chi connectivity index (χ4n) is 3.02. The van der Waals surface area contributed by atoms with Gasteiger partial charge in [0.05, 0.1) is 24.2 Å². The molecule has 0 saturated carbocycles. The molecule has 10 heteroatoms. The van der Waals surface area contributed by atoms with Gasteiger partial charge < -0.3 is 4.74 Å². The van der Waals surface area contributed by atoms with E-state index in [0.717, 1.165) is 21.9 Å². The van der Waals surface area contributed by atoms with Crippen molar-refractivity contribution < 1.29 is 14.3 Å². The second-order valence-electron chi connectivity index (χ2n) is 6.86. The summed E-state index contributed by atoms with van der Waals surface area (Å²) in [5.41, 5.74) is 6.61. The summed E-state index contributed by atoms with van der Waals surface area (Å²) in [5, 5.41) is 11.2. The lowest BCUT2D eigenvalue weighted by Crippen LogP contribution is -2.43. The van der Waals surface area contributed by atoms with E-state index in [1.165, 1.54) is 11.8 Å². The molecule has 33 heavy (non-hydrogen) atoms. The van der Waals surface area contributed by atoms with E-state index in [2.05, 4.69) is 21.0 Å². The zero-order valence-corrected chi connectivity index (χ0v) is 19.4. The molecule has 0 saturated heterocycles. The van der Waals surface area contributed by atoms with Crippen LogP contribution in [0.4, 0.5) is 0 Å². The molecular formula is C23H21N5O3S2. The Balaban J connectivity index is 1.36. The number of amides is 2. The van der Waals surface area contributed by atoms with Crippen LogP contribution in [0.3, 0.4) is 0 Å². The molecule has 4 aromatic rings. The van der Waals surface area contributed by atoms with Gasteiger partial charge in [-0.05, 0) is 41.3 Å². The number of hydrogen-bond donors (Lipinski definition) is 2. The van der Waals surface area contributed by atoms with E-state index in [9.17, 15) is 9.59 Å². The zero-order chi connectivity index (χ0) is 23.0. The molecule has 0 radical (unpaired) electrons. The summed E-state index contributed by atoms with van der Waals surface area (Å²) in [6.07, 6.45) is 0.143. The Morgan fingerprint density at radius 3 is 2.42 bits per heavy atom. The van der Waals surface area contributed by atoms with Crippen molar-refractivity contribution in [3.8, 4) is 22.1 Å². The molecule has 0 aliphatic rings. The molecule has 0 fully saturated rings. The third kappa shape index (κ3) is 5.79. The third-order valence-electron chi connectivity index (χ3n) is 4.59. The maximum atomic E-state index is 12.3. The van der Waals surface area contributed by atoms with Gasteiger partial charge in [0, 0.05) is 5.69 Å². The van der Waals surface area contributed by atoms with E-state index < -0.39 is 0 Å². The van der Waals surface area contributed by atoms with Crippen LogP contribution in [0.2, 0.25) is 0 Å². The summed E-state index contributed by atoms with van der Waals surface area (Å²) in [7, 11) is 1.58. The minimum Gasteiger partial charge on any atom is -0.497 e. The molecule has 0 spiro atoms. The highest BCUT2D eigenvalue weighted by atomic mass is 32.2. The van der Waals surface area contributed by atoms with Gasteiger partial charge in [-0.15, -0.1) is 21.5 Å². The van der Waals surface area contributed by atoms with Gasteiger partial charge in [-0.1, -0.05) is 48.2 Å². The average Bonchev–Trinajstić information content (AvgIpc) is 3.52. The second-order valence-corrected chi connectivity index (χ2v) is 8.75. The minimum absolute atomic E-state index is 0.0677. The van der Waals surface area contributed by atoms with Gasteiger partial charge in [0.1, 0.15) is 5.75 Å². The fraction of sp³-hybridized carbons (Fsp3) is 0.130. The molecule has 2 aromatic heterocycles. The maximum Gasteiger partial charge on any atom is 0.248 e. The smallest absolute Gasteiger partial charge is 0.248 e. The SMILES string of the molecule is COc1ccc(CC(=O)NNC(=O)CSc2nnc(-c3cccs3)n2-c2ccccc2)cc1. The molecule has 0 aliphatic carbocycles. The molecule has 2 N–H and O–H groups in total. The zero-order valence-electron chi connectivity index (χ0n) is 17.7. The van der Waals surface area contributed by atoms with Crippen molar-refractivity contribution in [3.63, 3.8) is 0 Å². The first-order chi connectivity index (χ1) is 16.1. The molecule has 0 unspecified atom stereocenters. The number of rotatable bonds is 8. The molecule has 2 aromatic carbocycles. The van der Waals surface area contributed by atoms with Crippen LogP contribution in [0.1, 0.15) is 5.56 Å². The normalized spacial score (nSPS) is 10.6. The van der Waals surface area contributed by atoms with E-state index in [0.29, 0.717) is 11.0 Å². The molecule has 8 nitrogen and oxygen atoms in total. The lowest BCUT2D eigenvalue weighted by molar-refractivity contribution is -0.127. The predicted molar refractivity (Wildman–Crippen MR) is 128 cm³/mol. The number of aromatic nitrogens is 3. The molecule has 2 amide bonds. The van der Waals surface area contributed by atoms with E-state index in [-0.39, 0.29) is 24.0 Å². The summed E-state index contributed by atoms with van der Waals surface area (Å²) in [6, 6.07) is 20.8. The standard InChI is InChI=1S/C23H21N5O3S2/c1-31-18-11-9-16(10-12-18)14-20(29)24-25-21(30)15-33-23-27-26-22(19-8-5-13-32-19)28(23)17-6-3-2-4-7-17/h2-13H,14-15H2,1H3,(H,24,29)(H,25,30). The minimum atomic E-state index is -0.344. The Bertz CT molecular complexity index is 1210. The quantitative estimate of drug-likeness (QED) is 0.297. The number of methoxy groups -OCH3 is 1. The summed E-state index contributed by atoms with van der Waals surface area (Å²) in [6.45, 7) is 0. The number of hydrazine groups is 1. The van der Waals surface area contributed by atoms with Crippen molar-refractivity contribution in [1.29, 1.82) is 0 Å². The van der Waals surface area contributed by atoms with Gasteiger partial charge in [0.15, 0.2) is 11.0 Å². The summed E-state index contributed by atoms with van der Waals surface area (Å²) >= 11 is 2.81. The molecule has 0 aliphatic heterocycles. The van der Waals surface area contributed by atoms with Crippen molar-refractivity contribution in [3.05, 3.63) is 77.7 Å². The summed E-state index contributed by atoms with van der Waals surface area (Å²) in [4.78, 5) is 25.4. The second kappa shape index (κ2) is 10.8. The third-order valence-corrected chi connectivity index (χ3v) is 6.38. The highest BCUT2D eigenvalue weighted by Crippen LogP contribution is 2.30. The average molecular weight is 480 g/mol. The van der Waals surface area contributed by atoms with E-state index in [1.54, 1.807) is 42.7 Å². The lowest BCUT2D eigenvalue weighted by Gasteiger charge is -2.10. The number of carbonyl (C=O) groups is 2. The van der Waals surface area contributed by atoms with Crippen LogP contribution in [-0.4, -0.2) is 39.4 Å². The Kier molecular flexibility index (Phi) is 7.38. The number of thioether (sulfide) groups is 1. The van der Waals surface area contributed by atoms with Gasteiger partial charge >= 0.3 is 0 Å². The Hall–Kier alpha value is -3.63. The topological polar surface area (TPSA) is 98.1 Å². The van der Waals surface area contributed by atoms with E-state index in [1.807, 2.05) is 52.4 Å². The number of hydrogen-bond acceptors (Lipinski definition) is 7. The van der Waals surface area contributed by atoms with Gasteiger partial charge in [-0.25, -0.2) is 0 Å². The van der Waals surface area contributed by atoms with Gasteiger partial charge in [-0.3, -0.25) is 25.0 Å². The van der Waals surface area contributed by atoms with E-state index >= 15 is 0 Å².